The van der Waals surface area contributed by atoms with Gasteiger partial charge >= 0.3 is 0 Å². The summed E-state index contributed by atoms with van der Waals surface area (Å²) in [6.07, 6.45) is 3.61. The van der Waals surface area contributed by atoms with Gasteiger partial charge in [-0.2, -0.15) is 0 Å². The van der Waals surface area contributed by atoms with Gasteiger partial charge in [-0.15, -0.1) is 0 Å². The second kappa shape index (κ2) is 7.40. The van der Waals surface area contributed by atoms with E-state index < -0.39 is 0 Å². The first-order valence-corrected chi connectivity index (χ1v) is 9.67. The van der Waals surface area contributed by atoms with E-state index in [-0.39, 0.29) is 5.56 Å². The van der Waals surface area contributed by atoms with Crippen LogP contribution >= 0.6 is 0 Å². The number of para-hydroxylation sites is 1. The van der Waals surface area contributed by atoms with E-state index in [1.54, 1.807) is 10.9 Å². The van der Waals surface area contributed by atoms with Gasteiger partial charge in [0.1, 0.15) is 17.7 Å². The van der Waals surface area contributed by atoms with E-state index in [0.29, 0.717) is 46.7 Å². The van der Waals surface area contributed by atoms with Crippen LogP contribution in [-0.2, 0) is 6.42 Å². The molecule has 3 aromatic heterocycles. The minimum Gasteiger partial charge on any atom is -0.368 e. The number of imidazole rings is 1. The first-order chi connectivity index (χ1) is 14.7. The monoisotopic (exact) mass is 397 g/mol. The summed E-state index contributed by atoms with van der Waals surface area (Å²) in [6.45, 7) is 2.47. The maximum absolute atomic E-state index is 13.4. The van der Waals surface area contributed by atoms with Crippen molar-refractivity contribution in [2.24, 2.45) is 0 Å². The highest BCUT2D eigenvalue weighted by Gasteiger charge is 2.14. The summed E-state index contributed by atoms with van der Waals surface area (Å²) in [4.78, 5) is 33.9. The Labute approximate surface area is 171 Å². The van der Waals surface area contributed by atoms with E-state index in [2.05, 4.69) is 25.3 Å². The third kappa shape index (κ3) is 3.08. The molecule has 0 saturated carbocycles. The first kappa shape index (κ1) is 18.0. The van der Waals surface area contributed by atoms with E-state index in [1.165, 1.54) is 6.33 Å². The lowest BCUT2D eigenvalue weighted by Crippen LogP contribution is -2.26. The van der Waals surface area contributed by atoms with Crippen molar-refractivity contribution in [1.82, 2.24) is 29.5 Å². The maximum Gasteiger partial charge on any atom is 0.266 e. The zero-order valence-corrected chi connectivity index (χ0v) is 16.3. The zero-order valence-electron chi connectivity index (χ0n) is 16.3. The van der Waals surface area contributed by atoms with Gasteiger partial charge in [0.15, 0.2) is 11.5 Å². The Balaban J connectivity index is 1.54. The summed E-state index contributed by atoms with van der Waals surface area (Å²) in [5.74, 6) is 1.33. The molecule has 0 amide bonds. The number of fused-ring (bicyclic) bond motifs is 2. The Hall–Kier alpha value is -4.07. The lowest BCUT2D eigenvalue weighted by Gasteiger charge is -2.15. The quantitative estimate of drug-likeness (QED) is 0.473. The van der Waals surface area contributed by atoms with Crippen molar-refractivity contribution in [1.29, 1.82) is 0 Å². The van der Waals surface area contributed by atoms with Crippen molar-refractivity contribution in [3.8, 4) is 5.69 Å². The Kier molecular flexibility index (Phi) is 4.44. The summed E-state index contributed by atoms with van der Waals surface area (Å²) in [5.41, 5.74) is 3.72. The van der Waals surface area contributed by atoms with Crippen LogP contribution in [0.5, 0.6) is 0 Å². The molecule has 8 nitrogen and oxygen atoms in total. The molecule has 0 radical (unpaired) electrons. The normalized spacial score (nSPS) is 11.2. The Morgan fingerprint density at radius 2 is 1.90 bits per heavy atom. The average molecular weight is 397 g/mol. The van der Waals surface area contributed by atoms with Gasteiger partial charge in [-0.25, -0.2) is 19.9 Å². The molecule has 2 aromatic carbocycles. The third-order valence-electron chi connectivity index (χ3n) is 5.05. The van der Waals surface area contributed by atoms with Gasteiger partial charge in [0.25, 0.3) is 5.56 Å². The van der Waals surface area contributed by atoms with Crippen LogP contribution < -0.4 is 10.9 Å². The lowest BCUT2D eigenvalue weighted by molar-refractivity contribution is 0.809. The van der Waals surface area contributed by atoms with Crippen molar-refractivity contribution in [3.63, 3.8) is 0 Å². The Bertz CT molecular complexity index is 1410. The lowest BCUT2D eigenvalue weighted by atomic mass is 10.1. The van der Waals surface area contributed by atoms with Gasteiger partial charge < -0.3 is 10.3 Å². The number of H-pyrrole nitrogens is 1. The zero-order chi connectivity index (χ0) is 20.5. The fourth-order valence-electron chi connectivity index (χ4n) is 3.64. The predicted molar refractivity (Wildman–Crippen MR) is 116 cm³/mol. The van der Waals surface area contributed by atoms with Crippen LogP contribution in [0, 0.1) is 6.92 Å². The number of rotatable bonds is 5. The maximum atomic E-state index is 13.4. The number of nitrogens with zero attached hydrogens (tertiary/aromatic N) is 5. The molecular formula is C22H19N7O. The molecule has 0 aliphatic rings. The molecule has 0 saturated heterocycles. The molecule has 0 unspecified atom stereocenters. The van der Waals surface area contributed by atoms with E-state index >= 15 is 0 Å². The van der Waals surface area contributed by atoms with Crippen LogP contribution in [0.4, 0.5) is 5.82 Å². The SMILES string of the molecule is Cc1cccc2nc(CCNc3ncnc4[nH]cnc34)n(-c3ccccc3)c(=O)c12. The van der Waals surface area contributed by atoms with Gasteiger partial charge in [-0.3, -0.25) is 9.36 Å². The van der Waals surface area contributed by atoms with Crippen LogP contribution in [0.3, 0.4) is 0 Å². The van der Waals surface area contributed by atoms with Crippen LogP contribution in [0.2, 0.25) is 0 Å². The van der Waals surface area contributed by atoms with Crippen molar-refractivity contribution in [3.05, 3.63) is 82.9 Å². The van der Waals surface area contributed by atoms with Gasteiger partial charge in [-0.1, -0.05) is 30.3 Å². The molecule has 148 valence electrons. The summed E-state index contributed by atoms with van der Waals surface area (Å²) in [6, 6.07) is 15.3. The summed E-state index contributed by atoms with van der Waals surface area (Å²) >= 11 is 0. The third-order valence-corrected chi connectivity index (χ3v) is 5.05. The number of aromatic nitrogens is 6. The predicted octanol–water partition coefficient (Wildman–Crippen LogP) is 3.02. The highest BCUT2D eigenvalue weighted by atomic mass is 16.1. The fraction of sp³-hybridized carbons (Fsp3) is 0.136. The smallest absolute Gasteiger partial charge is 0.266 e. The van der Waals surface area contributed by atoms with E-state index in [4.69, 9.17) is 4.98 Å². The average Bonchev–Trinajstić information content (AvgIpc) is 3.24. The summed E-state index contributed by atoms with van der Waals surface area (Å²) in [7, 11) is 0. The van der Waals surface area contributed by atoms with Gasteiger partial charge in [0.2, 0.25) is 0 Å². The van der Waals surface area contributed by atoms with Gasteiger partial charge in [0.05, 0.1) is 22.9 Å². The fourth-order valence-corrected chi connectivity index (χ4v) is 3.64. The minimum atomic E-state index is -0.0592. The number of anilines is 1. The largest absolute Gasteiger partial charge is 0.368 e. The van der Waals surface area contributed by atoms with Crippen LogP contribution in [0.1, 0.15) is 11.4 Å². The van der Waals surface area contributed by atoms with Crippen LogP contribution in [0.15, 0.2) is 66.0 Å². The molecule has 0 fully saturated rings. The number of benzene rings is 2. The standard InChI is InChI=1S/C22H19N7O/c1-14-6-5-9-16-18(14)22(30)29(15-7-3-2-4-8-15)17(28-16)10-11-23-20-19-21(25-12-24-19)27-13-26-20/h2-9,12-13H,10-11H2,1H3,(H2,23,24,25,26,27). The van der Waals surface area contributed by atoms with Crippen molar-refractivity contribution in [2.45, 2.75) is 13.3 Å². The molecule has 0 spiro atoms. The molecule has 5 aromatic rings. The highest BCUT2D eigenvalue weighted by Crippen LogP contribution is 2.17. The molecule has 0 aliphatic heterocycles. The van der Waals surface area contributed by atoms with Crippen LogP contribution in [-0.4, -0.2) is 36.0 Å². The number of hydrogen-bond acceptors (Lipinski definition) is 6. The number of aromatic amines is 1. The van der Waals surface area contributed by atoms with Crippen molar-refractivity contribution < 1.29 is 0 Å². The summed E-state index contributed by atoms with van der Waals surface area (Å²) in [5, 5.41) is 3.94. The number of aryl methyl sites for hydroxylation is 1. The molecule has 0 atom stereocenters. The second-order valence-corrected chi connectivity index (χ2v) is 6.97. The molecule has 8 heteroatoms. The van der Waals surface area contributed by atoms with E-state index in [1.807, 2.05) is 55.5 Å². The van der Waals surface area contributed by atoms with E-state index in [9.17, 15) is 4.79 Å². The Morgan fingerprint density at radius 3 is 2.77 bits per heavy atom. The molecule has 5 rings (SSSR count). The van der Waals surface area contributed by atoms with Crippen molar-refractivity contribution in [2.75, 3.05) is 11.9 Å². The highest BCUT2D eigenvalue weighted by molar-refractivity contribution is 5.82. The number of nitrogens with one attached hydrogen (secondary N) is 2. The van der Waals surface area contributed by atoms with Crippen molar-refractivity contribution >= 4 is 27.9 Å². The molecular weight excluding hydrogens is 378 g/mol. The van der Waals surface area contributed by atoms with Gasteiger partial charge in [0, 0.05) is 13.0 Å². The Morgan fingerprint density at radius 1 is 1.03 bits per heavy atom. The molecule has 30 heavy (non-hydrogen) atoms. The van der Waals surface area contributed by atoms with Gasteiger partial charge in [-0.05, 0) is 30.7 Å². The molecule has 0 aliphatic carbocycles. The first-order valence-electron chi connectivity index (χ1n) is 9.67. The number of hydrogen-bond donors (Lipinski definition) is 2. The van der Waals surface area contributed by atoms with Crippen LogP contribution in [0.25, 0.3) is 27.8 Å². The molecule has 0 bridgehead atoms. The topological polar surface area (TPSA) is 101 Å². The second-order valence-electron chi connectivity index (χ2n) is 6.97. The molecule has 3 heterocycles. The molecule has 2 N–H and O–H groups in total. The van der Waals surface area contributed by atoms with E-state index in [0.717, 1.165) is 11.3 Å². The summed E-state index contributed by atoms with van der Waals surface area (Å²) < 4.78 is 1.70. The minimum absolute atomic E-state index is 0.0592.